The summed E-state index contributed by atoms with van der Waals surface area (Å²) in [5.41, 5.74) is 5.18. The number of benzene rings is 2. The molecule has 136 valence electrons. The third-order valence-corrected chi connectivity index (χ3v) is 4.43. The van der Waals surface area contributed by atoms with Gasteiger partial charge in [0.05, 0.1) is 30.0 Å². The fourth-order valence-corrected chi connectivity index (χ4v) is 3.17. The van der Waals surface area contributed by atoms with Gasteiger partial charge >= 0.3 is 0 Å². The van der Waals surface area contributed by atoms with Crippen LogP contribution in [0.4, 0.5) is 0 Å². The first kappa shape index (κ1) is 17.2. The molecule has 0 aliphatic heterocycles. The molecule has 4 rings (SSSR count). The average molecular weight is 359 g/mol. The second-order valence-corrected chi connectivity index (χ2v) is 6.51. The number of aromatic nitrogens is 4. The first-order chi connectivity index (χ1) is 13.2. The first-order valence-electron chi connectivity index (χ1n) is 8.78. The molecule has 0 atom stereocenters. The highest BCUT2D eigenvalue weighted by Crippen LogP contribution is 2.18. The van der Waals surface area contributed by atoms with Crippen molar-refractivity contribution in [2.75, 3.05) is 14.2 Å². The summed E-state index contributed by atoms with van der Waals surface area (Å²) in [5, 5.41) is 4.48. The maximum atomic E-state index is 5.29. The summed E-state index contributed by atoms with van der Waals surface area (Å²) < 4.78 is 7.16. The van der Waals surface area contributed by atoms with E-state index in [9.17, 15) is 0 Å². The predicted octanol–water partition coefficient (Wildman–Crippen LogP) is 3.46. The summed E-state index contributed by atoms with van der Waals surface area (Å²) >= 11 is 0. The van der Waals surface area contributed by atoms with Crippen LogP contribution in [0.3, 0.4) is 0 Å². The summed E-state index contributed by atoms with van der Waals surface area (Å²) in [6, 6.07) is 14.0. The largest absolute Gasteiger partial charge is 0.497 e. The van der Waals surface area contributed by atoms with Crippen molar-refractivity contribution in [1.82, 2.24) is 24.6 Å². The van der Waals surface area contributed by atoms with Crippen LogP contribution in [0, 0.1) is 0 Å². The molecule has 0 unspecified atom stereocenters. The lowest BCUT2D eigenvalue weighted by Gasteiger charge is -2.16. The predicted molar refractivity (Wildman–Crippen MR) is 105 cm³/mol. The maximum Gasteiger partial charge on any atom is 0.121 e. The number of ether oxygens (including phenoxy) is 1. The van der Waals surface area contributed by atoms with Gasteiger partial charge in [0.1, 0.15) is 5.75 Å². The summed E-state index contributed by atoms with van der Waals surface area (Å²) in [7, 11) is 3.76. The summed E-state index contributed by atoms with van der Waals surface area (Å²) in [5.74, 6) is 0.818. The molecule has 0 aliphatic rings. The van der Waals surface area contributed by atoms with E-state index in [4.69, 9.17) is 4.74 Å². The second-order valence-electron chi connectivity index (χ2n) is 6.51. The van der Waals surface area contributed by atoms with Gasteiger partial charge in [-0.05, 0) is 30.8 Å². The van der Waals surface area contributed by atoms with Gasteiger partial charge in [0.15, 0.2) is 0 Å². The van der Waals surface area contributed by atoms with Crippen LogP contribution < -0.4 is 4.74 Å². The lowest BCUT2D eigenvalue weighted by atomic mass is 10.1. The Labute approximate surface area is 158 Å². The van der Waals surface area contributed by atoms with E-state index in [0.717, 1.165) is 41.1 Å². The number of para-hydroxylation sites is 1. The van der Waals surface area contributed by atoms with Crippen molar-refractivity contribution in [2.24, 2.45) is 0 Å². The molecule has 0 saturated heterocycles. The van der Waals surface area contributed by atoms with E-state index in [1.807, 2.05) is 53.5 Å². The smallest absolute Gasteiger partial charge is 0.121 e. The minimum atomic E-state index is 0.792. The van der Waals surface area contributed by atoms with Gasteiger partial charge in [0.2, 0.25) is 0 Å². The molecule has 2 heterocycles. The van der Waals surface area contributed by atoms with Crippen molar-refractivity contribution in [3.05, 3.63) is 78.4 Å². The quantitative estimate of drug-likeness (QED) is 0.528. The molecule has 6 nitrogen and oxygen atoms in total. The Morgan fingerprint density at radius 3 is 2.78 bits per heavy atom. The van der Waals surface area contributed by atoms with Gasteiger partial charge in [-0.15, -0.1) is 0 Å². The Hall–Kier alpha value is -3.25. The molecule has 0 bridgehead atoms. The highest BCUT2D eigenvalue weighted by Gasteiger charge is 2.09. The van der Waals surface area contributed by atoms with Crippen molar-refractivity contribution in [2.45, 2.75) is 13.1 Å². The van der Waals surface area contributed by atoms with Gasteiger partial charge < -0.3 is 4.74 Å². The monoisotopic (exact) mass is 359 g/mol. The summed E-state index contributed by atoms with van der Waals surface area (Å²) in [4.78, 5) is 11.1. The number of fused-ring (bicyclic) bond motifs is 1. The topological polar surface area (TPSA) is 56.1 Å². The van der Waals surface area contributed by atoms with Crippen molar-refractivity contribution in [3.8, 4) is 11.4 Å². The summed E-state index contributed by atoms with van der Waals surface area (Å²) in [6.07, 6.45) is 7.42. The molecule has 0 spiro atoms. The Balaban J connectivity index is 1.48. The molecule has 0 radical (unpaired) electrons. The normalized spacial score (nSPS) is 11.2. The number of hydrogen-bond donors (Lipinski definition) is 0. The zero-order chi connectivity index (χ0) is 18.6. The van der Waals surface area contributed by atoms with Crippen LogP contribution in [0.25, 0.3) is 16.7 Å². The third kappa shape index (κ3) is 3.80. The molecule has 2 aromatic carbocycles. The van der Waals surface area contributed by atoms with E-state index < -0.39 is 0 Å². The van der Waals surface area contributed by atoms with Gasteiger partial charge in [0.25, 0.3) is 0 Å². The molecule has 6 heteroatoms. The maximum absolute atomic E-state index is 5.29. The number of hydrogen-bond acceptors (Lipinski definition) is 5. The number of rotatable bonds is 6. The Morgan fingerprint density at radius 2 is 1.89 bits per heavy atom. The number of nitrogens with zero attached hydrogens (tertiary/aromatic N) is 5. The molecule has 27 heavy (non-hydrogen) atoms. The lowest BCUT2D eigenvalue weighted by Crippen LogP contribution is -2.17. The first-order valence-corrected chi connectivity index (χ1v) is 8.78. The number of methoxy groups -OCH3 is 1. The van der Waals surface area contributed by atoms with E-state index in [-0.39, 0.29) is 0 Å². The molecule has 0 aliphatic carbocycles. The fourth-order valence-electron chi connectivity index (χ4n) is 3.17. The molecule has 0 amide bonds. The van der Waals surface area contributed by atoms with Crippen LogP contribution >= 0.6 is 0 Å². The van der Waals surface area contributed by atoms with Crippen molar-refractivity contribution < 1.29 is 4.74 Å². The van der Waals surface area contributed by atoms with Crippen LogP contribution in [-0.2, 0) is 13.1 Å². The zero-order valence-electron chi connectivity index (χ0n) is 15.4. The van der Waals surface area contributed by atoms with Crippen LogP contribution in [0.15, 0.2) is 67.3 Å². The molecule has 0 N–H and O–H groups in total. The van der Waals surface area contributed by atoms with Crippen molar-refractivity contribution in [3.63, 3.8) is 0 Å². The third-order valence-electron chi connectivity index (χ3n) is 4.43. The Kier molecular flexibility index (Phi) is 4.80. The van der Waals surface area contributed by atoms with E-state index >= 15 is 0 Å². The minimum Gasteiger partial charge on any atom is -0.497 e. The molecule has 0 saturated carbocycles. The average Bonchev–Trinajstić information content (AvgIpc) is 3.17. The van der Waals surface area contributed by atoms with Crippen LogP contribution in [0.1, 0.15) is 11.1 Å². The summed E-state index contributed by atoms with van der Waals surface area (Å²) in [6.45, 7) is 1.58. The van der Waals surface area contributed by atoms with E-state index in [2.05, 4.69) is 33.1 Å². The van der Waals surface area contributed by atoms with Gasteiger partial charge in [0, 0.05) is 43.3 Å². The standard InChI is InChI=1S/C21H21N5O/c1-25(15-17-5-3-8-20-21(17)23-10-9-22-20)13-16-12-24-26(14-16)18-6-4-7-19(11-18)27-2/h3-12,14H,13,15H2,1-2H3. The molecule has 4 aromatic rings. The van der Waals surface area contributed by atoms with Gasteiger partial charge in [-0.2, -0.15) is 5.10 Å². The van der Waals surface area contributed by atoms with Crippen molar-refractivity contribution >= 4 is 11.0 Å². The van der Waals surface area contributed by atoms with Gasteiger partial charge in [-0.1, -0.05) is 18.2 Å². The van der Waals surface area contributed by atoms with E-state index in [1.165, 1.54) is 5.56 Å². The van der Waals surface area contributed by atoms with Crippen LogP contribution in [0.5, 0.6) is 5.75 Å². The fraction of sp³-hybridized carbons (Fsp3) is 0.190. The second kappa shape index (κ2) is 7.55. The molecule has 0 fully saturated rings. The molecule has 2 aromatic heterocycles. The van der Waals surface area contributed by atoms with Gasteiger partial charge in [-0.25, -0.2) is 4.68 Å². The highest BCUT2D eigenvalue weighted by molar-refractivity contribution is 5.77. The van der Waals surface area contributed by atoms with Gasteiger partial charge in [-0.3, -0.25) is 14.9 Å². The zero-order valence-corrected chi connectivity index (χ0v) is 15.4. The Morgan fingerprint density at radius 1 is 1.04 bits per heavy atom. The lowest BCUT2D eigenvalue weighted by molar-refractivity contribution is 0.320. The van der Waals surface area contributed by atoms with E-state index in [1.54, 1.807) is 19.5 Å². The minimum absolute atomic E-state index is 0.792. The van der Waals surface area contributed by atoms with Crippen LogP contribution in [0.2, 0.25) is 0 Å². The molecular formula is C21H21N5O. The van der Waals surface area contributed by atoms with Crippen molar-refractivity contribution in [1.29, 1.82) is 0 Å². The van der Waals surface area contributed by atoms with E-state index in [0.29, 0.717) is 0 Å². The SMILES string of the molecule is COc1cccc(-n2cc(CN(C)Cc3cccc4nccnc34)cn2)c1. The Bertz CT molecular complexity index is 1050. The molecular weight excluding hydrogens is 338 g/mol. The van der Waals surface area contributed by atoms with Crippen LogP contribution in [-0.4, -0.2) is 38.8 Å². The highest BCUT2D eigenvalue weighted by atomic mass is 16.5.